The Kier molecular flexibility index (Phi) is 1.56. The van der Waals surface area contributed by atoms with E-state index >= 15 is 0 Å². The van der Waals surface area contributed by atoms with E-state index in [0.717, 1.165) is 12.1 Å². The van der Waals surface area contributed by atoms with Crippen LogP contribution in [0.25, 0.3) is 0 Å². The first-order valence-electron chi connectivity index (χ1n) is 4.85. The smallest absolute Gasteiger partial charge is 0.293 e. The van der Waals surface area contributed by atoms with E-state index < -0.39 is 0 Å². The predicted molar refractivity (Wildman–Crippen MR) is 53.3 cm³/mol. The van der Waals surface area contributed by atoms with Gasteiger partial charge >= 0.3 is 0 Å². The molecule has 0 bridgehead atoms. The fraction of sp³-hybridized carbons (Fsp3) is 0.300. The van der Waals surface area contributed by atoms with Gasteiger partial charge in [-0.25, -0.2) is 4.99 Å². The lowest BCUT2D eigenvalue weighted by Crippen LogP contribution is -2.32. The van der Waals surface area contributed by atoms with E-state index in [1.807, 2.05) is 4.57 Å². The third-order valence-electron chi connectivity index (χ3n) is 2.79. The molecule has 0 aliphatic carbocycles. The van der Waals surface area contributed by atoms with Crippen molar-refractivity contribution >= 4 is 18.0 Å². The minimum absolute atomic E-state index is 0.0917. The molecular weight excluding hydrogens is 194 g/mol. The first-order chi connectivity index (χ1) is 7.27. The SMILES string of the molecule is O=C1NCCc2c1cc1n2CC=NC1=O. The molecule has 0 aromatic carbocycles. The number of fused-ring (bicyclic) bond motifs is 3. The summed E-state index contributed by atoms with van der Waals surface area (Å²) in [7, 11) is 0. The molecule has 3 heterocycles. The zero-order valence-corrected chi connectivity index (χ0v) is 7.99. The molecule has 1 aromatic heterocycles. The van der Waals surface area contributed by atoms with Gasteiger partial charge in [0, 0.05) is 24.9 Å². The molecule has 0 fully saturated rings. The Balaban J connectivity index is 2.22. The maximum atomic E-state index is 11.5. The summed E-state index contributed by atoms with van der Waals surface area (Å²) in [6.45, 7) is 1.23. The highest BCUT2D eigenvalue weighted by molar-refractivity contribution is 6.04. The molecule has 2 aliphatic heterocycles. The van der Waals surface area contributed by atoms with Crippen molar-refractivity contribution in [1.29, 1.82) is 0 Å². The van der Waals surface area contributed by atoms with Crippen LogP contribution in [0.1, 0.15) is 26.5 Å². The Labute approximate surface area is 85.8 Å². The standard InChI is InChI=1S/C10H9N3O2/c14-9-6-5-8-10(15)12-3-4-13(8)7(6)1-2-11-9/h3,5H,1-2,4H2,(H,11,14). The summed E-state index contributed by atoms with van der Waals surface area (Å²) in [5, 5.41) is 2.76. The summed E-state index contributed by atoms with van der Waals surface area (Å²) in [5.74, 6) is -0.352. The number of hydrogen-bond donors (Lipinski definition) is 1. The van der Waals surface area contributed by atoms with Crippen molar-refractivity contribution in [2.45, 2.75) is 13.0 Å². The quantitative estimate of drug-likeness (QED) is 0.645. The number of aromatic nitrogens is 1. The molecular formula is C10H9N3O2. The lowest BCUT2D eigenvalue weighted by atomic mass is 10.1. The lowest BCUT2D eigenvalue weighted by Gasteiger charge is -2.16. The summed E-state index contributed by atoms with van der Waals surface area (Å²) in [5.41, 5.74) is 2.10. The van der Waals surface area contributed by atoms with Crippen molar-refractivity contribution < 1.29 is 9.59 Å². The van der Waals surface area contributed by atoms with Crippen molar-refractivity contribution in [3.8, 4) is 0 Å². The number of nitrogens with one attached hydrogen (secondary N) is 1. The highest BCUT2D eigenvalue weighted by atomic mass is 16.2. The van der Waals surface area contributed by atoms with Gasteiger partial charge in [-0.2, -0.15) is 0 Å². The van der Waals surface area contributed by atoms with Gasteiger partial charge in [0.05, 0.1) is 12.1 Å². The topological polar surface area (TPSA) is 63.5 Å². The number of carbonyl (C=O) groups is 2. The van der Waals surface area contributed by atoms with Crippen LogP contribution in [0.2, 0.25) is 0 Å². The van der Waals surface area contributed by atoms with Crippen molar-refractivity contribution in [1.82, 2.24) is 9.88 Å². The van der Waals surface area contributed by atoms with Crippen molar-refractivity contribution in [3.63, 3.8) is 0 Å². The molecule has 0 saturated carbocycles. The minimum Gasteiger partial charge on any atom is -0.352 e. The van der Waals surface area contributed by atoms with Crippen molar-refractivity contribution in [3.05, 3.63) is 23.0 Å². The first kappa shape index (κ1) is 8.40. The Morgan fingerprint density at radius 2 is 2.27 bits per heavy atom. The average Bonchev–Trinajstić information content (AvgIpc) is 2.60. The number of carbonyl (C=O) groups excluding carboxylic acids is 2. The van der Waals surface area contributed by atoms with Gasteiger partial charge in [0.15, 0.2) is 0 Å². The van der Waals surface area contributed by atoms with Crippen LogP contribution in [0.4, 0.5) is 0 Å². The summed E-state index contributed by atoms with van der Waals surface area (Å²) in [4.78, 5) is 26.7. The molecule has 2 amide bonds. The molecule has 0 spiro atoms. The predicted octanol–water partition coefficient (Wildman–Crippen LogP) is -0.00140. The van der Waals surface area contributed by atoms with Gasteiger partial charge in [-0.05, 0) is 6.07 Å². The van der Waals surface area contributed by atoms with Crippen LogP contribution >= 0.6 is 0 Å². The van der Waals surface area contributed by atoms with E-state index in [1.54, 1.807) is 12.3 Å². The molecule has 2 aliphatic rings. The van der Waals surface area contributed by atoms with E-state index in [0.29, 0.717) is 24.3 Å². The molecule has 0 atom stereocenters. The molecule has 0 radical (unpaired) electrons. The van der Waals surface area contributed by atoms with Crippen LogP contribution in [-0.2, 0) is 13.0 Å². The van der Waals surface area contributed by atoms with Crippen molar-refractivity contribution in [2.24, 2.45) is 4.99 Å². The van der Waals surface area contributed by atoms with Gasteiger partial charge in [0.2, 0.25) is 0 Å². The third kappa shape index (κ3) is 1.06. The van der Waals surface area contributed by atoms with Gasteiger partial charge in [0.25, 0.3) is 11.8 Å². The molecule has 1 aromatic rings. The van der Waals surface area contributed by atoms with Gasteiger partial charge < -0.3 is 9.88 Å². The Hall–Kier alpha value is -1.91. The van der Waals surface area contributed by atoms with Crippen LogP contribution in [0.3, 0.4) is 0 Å². The van der Waals surface area contributed by atoms with Crippen LogP contribution in [-0.4, -0.2) is 29.1 Å². The second kappa shape index (κ2) is 2.79. The zero-order valence-electron chi connectivity index (χ0n) is 7.99. The largest absolute Gasteiger partial charge is 0.352 e. The second-order valence-corrected chi connectivity index (χ2v) is 3.62. The number of aliphatic imine (C=N–C) groups is 1. The first-order valence-corrected chi connectivity index (χ1v) is 4.85. The fourth-order valence-corrected chi connectivity index (χ4v) is 2.10. The lowest BCUT2D eigenvalue weighted by molar-refractivity contribution is 0.0944. The molecule has 0 saturated heterocycles. The fourth-order valence-electron chi connectivity index (χ4n) is 2.10. The van der Waals surface area contributed by atoms with Crippen LogP contribution in [0, 0.1) is 0 Å². The molecule has 1 N–H and O–H groups in total. The number of rotatable bonds is 0. The molecule has 5 nitrogen and oxygen atoms in total. The van der Waals surface area contributed by atoms with Gasteiger partial charge in [0.1, 0.15) is 5.69 Å². The Morgan fingerprint density at radius 3 is 3.13 bits per heavy atom. The second-order valence-electron chi connectivity index (χ2n) is 3.62. The molecule has 15 heavy (non-hydrogen) atoms. The third-order valence-corrected chi connectivity index (χ3v) is 2.79. The summed E-state index contributed by atoms with van der Waals surface area (Å²) < 4.78 is 1.88. The van der Waals surface area contributed by atoms with E-state index in [-0.39, 0.29) is 11.8 Å². The number of hydrogen-bond acceptors (Lipinski definition) is 2. The average molecular weight is 203 g/mol. The monoisotopic (exact) mass is 203 g/mol. The summed E-state index contributed by atoms with van der Waals surface area (Å²) in [6.07, 6.45) is 2.37. The highest BCUT2D eigenvalue weighted by Gasteiger charge is 2.26. The van der Waals surface area contributed by atoms with Gasteiger partial charge in [-0.1, -0.05) is 0 Å². The molecule has 3 rings (SSSR count). The van der Waals surface area contributed by atoms with E-state index in [2.05, 4.69) is 10.3 Å². The normalized spacial score (nSPS) is 18.4. The number of nitrogens with zero attached hydrogens (tertiary/aromatic N) is 2. The van der Waals surface area contributed by atoms with Crippen LogP contribution in [0.5, 0.6) is 0 Å². The molecule has 0 unspecified atom stereocenters. The van der Waals surface area contributed by atoms with Crippen LogP contribution < -0.4 is 5.32 Å². The molecule has 5 heteroatoms. The highest BCUT2D eigenvalue weighted by Crippen LogP contribution is 2.21. The Morgan fingerprint density at radius 1 is 1.40 bits per heavy atom. The van der Waals surface area contributed by atoms with Crippen LogP contribution in [0.15, 0.2) is 11.1 Å². The van der Waals surface area contributed by atoms with Crippen molar-refractivity contribution in [2.75, 3.05) is 6.54 Å². The Bertz CT molecular complexity index is 499. The van der Waals surface area contributed by atoms with E-state index in [1.165, 1.54) is 0 Å². The summed E-state index contributed by atoms with van der Waals surface area (Å²) >= 11 is 0. The zero-order chi connectivity index (χ0) is 10.4. The number of amides is 2. The van der Waals surface area contributed by atoms with E-state index in [4.69, 9.17) is 0 Å². The maximum absolute atomic E-state index is 11.5. The van der Waals surface area contributed by atoms with Gasteiger partial charge in [-0.15, -0.1) is 0 Å². The summed E-state index contributed by atoms with van der Waals surface area (Å²) in [6, 6.07) is 1.64. The maximum Gasteiger partial charge on any atom is 0.293 e. The van der Waals surface area contributed by atoms with Gasteiger partial charge in [-0.3, -0.25) is 9.59 Å². The minimum atomic E-state index is -0.261. The van der Waals surface area contributed by atoms with E-state index in [9.17, 15) is 9.59 Å². The molecule has 76 valence electrons.